The highest BCUT2D eigenvalue weighted by molar-refractivity contribution is 7.88. The summed E-state index contributed by atoms with van der Waals surface area (Å²) in [6.45, 7) is 0.880. The number of rotatable bonds is 3. The average Bonchev–Trinajstić information content (AvgIpc) is 2.74. The molecular formula is C11H14N2O4S. The van der Waals surface area contributed by atoms with Crippen LogP contribution in [0.3, 0.4) is 0 Å². The van der Waals surface area contributed by atoms with Crippen LogP contribution in [0.5, 0.6) is 0 Å². The third-order valence-electron chi connectivity index (χ3n) is 3.73. The molecule has 7 heteroatoms. The number of fused-ring (bicyclic) bond motifs is 1. The second-order valence-electron chi connectivity index (χ2n) is 5.08. The van der Waals surface area contributed by atoms with Crippen molar-refractivity contribution in [1.82, 2.24) is 9.62 Å². The van der Waals surface area contributed by atoms with Crippen LogP contribution in [-0.4, -0.2) is 43.5 Å². The minimum atomic E-state index is -3.17. The van der Waals surface area contributed by atoms with E-state index in [0.29, 0.717) is 18.7 Å². The van der Waals surface area contributed by atoms with Gasteiger partial charge in [-0.05, 0) is 18.4 Å². The lowest BCUT2D eigenvalue weighted by Crippen LogP contribution is -2.43. The van der Waals surface area contributed by atoms with E-state index in [9.17, 15) is 13.2 Å². The Labute approximate surface area is 105 Å². The van der Waals surface area contributed by atoms with Gasteiger partial charge in [-0.3, -0.25) is 4.79 Å². The molecule has 98 valence electrons. The Morgan fingerprint density at radius 2 is 2.39 bits per heavy atom. The molecule has 0 bridgehead atoms. The van der Waals surface area contributed by atoms with E-state index in [-0.39, 0.29) is 17.4 Å². The number of carbonyl (C=O) groups is 1. The largest absolute Gasteiger partial charge is 0.472 e. The summed E-state index contributed by atoms with van der Waals surface area (Å²) >= 11 is 0. The molecule has 1 aliphatic carbocycles. The first-order valence-electron chi connectivity index (χ1n) is 5.71. The second-order valence-corrected chi connectivity index (χ2v) is 7.06. The summed E-state index contributed by atoms with van der Waals surface area (Å²) in [5.74, 6) is 0.0321. The molecule has 18 heavy (non-hydrogen) atoms. The third kappa shape index (κ3) is 1.83. The first kappa shape index (κ1) is 11.7. The number of piperidine rings is 1. The van der Waals surface area contributed by atoms with Gasteiger partial charge in [-0.25, -0.2) is 8.42 Å². The number of carbonyl (C=O) groups excluding carboxylic acids is 1. The molecule has 0 aromatic carbocycles. The molecule has 3 rings (SSSR count). The molecule has 0 spiro atoms. The van der Waals surface area contributed by atoms with Crippen LogP contribution in [0.25, 0.3) is 0 Å². The molecular weight excluding hydrogens is 256 g/mol. The fourth-order valence-electron chi connectivity index (χ4n) is 2.58. The Morgan fingerprint density at radius 1 is 1.61 bits per heavy atom. The molecule has 1 aromatic rings. The topological polar surface area (TPSA) is 79.6 Å². The Balaban J connectivity index is 1.71. The smallest absolute Gasteiger partial charge is 0.255 e. The molecule has 2 heterocycles. The van der Waals surface area contributed by atoms with Crippen LogP contribution in [0.4, 0.5) is 0 Å². The Bertz CT molecular complexity index is 580. The first-order valence-corrected chi connectivity index (χ1v) is 7.55. The number of sulfonamides is 1. The summed E-state index contributed by atoms with van der Waals surface area (Å²) in [6, 6.07) is 1.59. The number of nitrogens with zero attached hydrogens (tertiary/aromatic N) is 1. The van der Waals surface area contributed by atoms with Crippen LogP contribution >= 0.6 is 0 Å². The van der Waals surface area contributed by atoms with Crippen LogP contribution in [0, 0.1) is 5.92 Å². The molecule has 1 saturated carbocycles. The van der Waals surface area contributed by atoms with Crippen molar-refractivity contribution in [2.24, 2.45) is 5.92 Å². The summed E-state index contributed by atoms with van der Waals surface area (Å²) in [5.41, 5.74) is 0.102. The highest BCUT2D eigenvalue weighted by Gasteiger charge is 2.62. The lowest BCUT2D eigenvalue weighted by molar-refractivity contribution is 0.0929. The zero-order valence-corrected chi connectivity index (χ0v) is 10.7. The average molecular weight is 270 g/mol. The Kier molecular flexibility index (Phi) is 2.33. The van der Waals surface area contributed by atoms with Crippen molar-refractivity contribution in [2.45, 2.75) is 12.0 Å². The van der Waals surface area contributed by atoms with E-state index < -0.39 is 10.0 Å². The first-order chi connectivity index (χ1) is 8.41. The summed E-state index contributed by atoms with van der Waals surface area (Å²) in [7, 11) is -3.17. The summed E-state index contributed by atoms with van der Waals surface area (Å²) in [4.78, 5) is 11.9. The number of hydrogen-bond donors (Lipinski definition) is 1. The van der Waals surface area contributed by atoms with Gasteiger partial charge in [-0.1, -0.05) is 0 Å². The monoisotopic (exact) mass is 270 g/mol. The zero-order valence-electron chi connectivity index (χ0n) is 9.92. The van der Waals surface area contributed by atoms with E-state index in [1.165, 1.54) is 23.1 Å². The van der Waals surface area contributed by atoms with Gasteiger partial charge in [0.15, 0.2) is 0 Å². The normalized spacial score (nSPS) is 31.1. The molecule has 6 nitrogen and oxygen atoms in total. The van der Waals surface area contributed by atoms with Crippen molar-refractivity contribution in [3.8, 4) is 0 Å². The van der Waals surface area contributed by atoms with Gasteiger partial charge in [0, 0.05) is 13.1 Å². The van der Waals surface area contributed by atoms with Crippen LogP contribution in [-0.2, 0) is 10.0 Å². The lowest BCUT2D eigenvalue weighted by Gasteiger charge is -2.19. The van der Waals surface area contributed by atoms with Gasteiger partial charge >= 0.3 is 0 Å². The predicted molar refractivity (Wildman–Crippen MR) is 63.4 cm³/mol. The highest BCUT2D eigenvalue weighted by Crippen LogP contribution is 2.50. The van der Waals surface area contributed by atoms with Gasteiger partial charge < -0.3 is 9.73 Å². The summed E-state index contributed by atoms with van der Waals surface area (Å²) in [5, 5.41) is 2.93. The predicted octanol–water partition coefficient (Wildman–Crippen LogP) is 0.0433. The molecule has 2 aliphatic rings. The molecule has 1 amide bonds. The second kappa shape index (κ2) is 3.58. The third-order valence-corrected chi connectivity index (χ3v) is 4.95. The van der Waals surface area contributed by atoms with Crippen molar-refractivity contribution >= 4 is 15.9 Å². The SMILES string of the molecule is CS(=O)(=O)N1C[C@H]2C[C@]2(NC(=O)c2ccoc2)C1. The maximum Gasteiger partial charge on any atom is 0.255 e. The van der Waals surface area contributed by atoms with E-state index >= 15 is 0 Å². The maximum atomic E-state index is 11.9. The van der Waals surface area contributed by atoms with Crippen molar-refractivity contribution in [2.75, 3.05) is 19.3 Å². The fourth-order valence-corrected chi connectivity index (χ4v) is 3.49. The molecule has 1 N–H and O–H groups in total. The molecule has 0 unspecified atom stereocenters. The van der Waals surface area contributed by atoms with Crippen LogP contribution in [0.2, 0.25) is 0 Å². The molecule has 1 aromatic heterocycles. The van der Waals surface area contributed by atoms with Gasteiger partial charge in [0.2, 0.25) is 10.0 Å². The lowest BCUT2D eigenvalue weighted by atomic mass is 10.2. The van der Waals surface area contributed by atoms with Gasteiger partial charge in [-0.2, -0.15) is 4.31 Å². The van der Waals surface area contributed by atoms with Crippen molar-refractivity contribution in [3.63, 3.8) is 0 Å². The zero-order chi connectivity index (χ0) is 13.0. The van der Waals surface area contributed by atoms with Crippen LogP contribution < -0.4 is 5.32 Å². The van der Waals surface area contributed by atoms with Gasteiger partial charge in [0.05, 0.1) is 23.6 Å². The number of amides is 1. The van der Waals surface area contributed by atoms with Gasteiger partial charge in [-0.15, -0.1) is 0 Å². The Morgan fingerprint density at radius 3 is 2.94 bits per heavy atom. The number of furan rings is 1. The van der Waals surface area contributed by atoms with Crippen molar-refractivity contribution in [1.29, 1.82) is 0 Å². The number of hydrogen-bond acceptors (Lipinski definition) is 4. The van der Waals surface area contributed by atoms with E-state index in [2.05, 4.69) is 5.32 Å². The van der Waals surface area contributed by atoms with Crippen LogP contribution in [0.15, 0.2) is 23.0 Å². The molecule has 1 saturated heterocycles. The molecule has 2 atom stereocenters. The van der Waals surface area contributed by atoms with Crippen LogP contribution in [0.1, 0.15) is 16.8 Å². The maximum absolute atomic E-state index is 11.9. The Hall–Kier alpha value is -1.34. The molecule has 2 fully saturated rings. The highest BCUT2D eigenvalue weighted by atomic mass is 32.2. The standard InChI is InChI=1S/C11H14N2O4S/c1-18(15,16)13-5-9-4-11(9,7-13)12-10(14)8-2-3-17-6-8/h2-3,6,9H,4-5,7H2,1H3,(H,12,14)/t9-,11+/m1/s1. The van der Waals surface area contributed by atoms with E-state index in [1.54, 1.807) is 6.07 Å². The molecule has 1 aliphatic heterocycles. The summed E-state index contributed by atoms with van der Waals surface area (Å²) in [6.07, 6.45) is 4.87. The van der Waals surface area contributed by atoms with Crippen molar-refractivity contribution in [3.05, 3.63) is 24.2 Å². The minimum absolute atomic E-state index is 0.207. The molecule has 0 radical (unpaired) electrons. The fraction of sp³-hybridized carbons (Fsp3) is 0.545. The van der Waals surface area contributed by atoms with Crippen molar-refractivity contribution < 1.29 is 17.6 Å². The minimum Gasteiger partial charge on any atom is -0.472 e. The van der Waals surface area contributed by atoms with E-state index in [1.807, 2.05) is 0 Å². The van der Waals surface area contributed by atoms with Gasteiger partial charge in [0.1, 0.15) is 6.26 Å². The number of nitrogens with one attached hydrogen (secondary N) is 1. The summed E-state index contributed by atoms with van der Waals surface area (Å²) < 4.78 is 29.2. The van der Waals surface area contributed by atoms with E-state index in [4.69, 9.17) is 4.42 Å². The van der Waals surface area contributed by atoms with E-state index in [0.717, 1.165) is 6.42 Å². The quantitative estimate of drug-likeness (QED) is 0.841. The van der Waals surface area contributed by atoms with Gasteiger partial charge in [0.25, 0.3) is 5.91 Å².